The standard InChI is InChI=1S/C15H17NO4/c1-18-12-8-11(9-13-15(12)20-10-19-13)4-5-14(17)16-6-2-3-7-16/h4-5,8-9H,2-3,6-7,10H2,1H3/b5-4+. The number of ether oxygens (including phenoxy) is 3. The molecular weight excluding hydrogens is 258 g/mol. The Bertz CT molecular complexity index is 547. The van der Waals surface area contributed by atoms with Gasteiger partial charge in [-0.05, 0) is 36.6 Å². The number of hydrogen-bond acceptors (Lipinski definition) is 4. The predicted octanol–water partition coefficient (Wildman–Crippen LogP) is 2.06. The molecule has 1 aromatic carbocycles. The lowest BCUT2D eigenvalue weighted by atomic mass is 10.1. The molecule has 2 aliphatic heterocycles. The monoisotopic (exact) mass is 275 g/mol. The molecule has 106 valence electrons. The van der Waals surface area contributed by atoms with E-state index in [1.165, 1.54) is 0 Å². The number of rotatable bonds is 3. The van der Waals surface area contributed by atoms with Gasteiger partial charge in [-0.25, -0.2) is 0 Å². The van der Waals surface area contributed by atoms with Crippen molar-refractivity contribution in [2.75, 3.05) is 27.0 Å². The number of fused-ring (bicyclic) bond motifs is 1. The summed E-state index contributed by atoms with van der Waals surface area (Å²) in [6, 6.07) is 3.68. The van der Waals surface area contributed by atoms with Gasteiger partial charge in [0.2, 0.25) is 18.4 Å². The number of hydrogen-bond donors (Lipinski definition) is 0. The third-order valence-electron chi connectivity index (χ3n) is 3.52. The Morgan fingerprint density at radius 1 is 1.30 bits per heavy atom. The molecule has 0 saturated carbocycles. The SMILES string of the molecule is COc1cc(/C=C/C(=O)N2CCCC2)cc2c1OCO2. The second-order valence-corrected chi connectivity index (χ2v) is 4.82. The minimum absolute atomic E-state index is 0.0548. The van der Waals surface area contributed by atoms with Crippen LogP contribution in [-0.4, -0.2) is 37.8 Å². The van der Waals surface area contributed by atoms with Crippen LogP contribution in [0.1, 0.15) is 18.4 Å². The van der Waals surface area contributed by atoms with Crippen LogP contribution in [0.15, 0.2) is 18.2 Å². The van der Waals surface area contributed by atoms with Crippen LogP contribution in [0, 0.1) is 0 Å². The summed E-state index contributed by atoms with van der Waals surface area (Å²) in [6.07, 6.45) is 5.57. The van der Waals surface area contributed by atoms with Gasteiger partial charge in [0.05, 0.1) is 7.11 Å². The van der Waals surface area contributed by atoms with Crippen molar-refractivity contribution in [3.05, 3.63) is 23.8 Å². The maximum absolute atomic E-state index is 12.0. The first kappa shape index (κ1) is 12.8. The van der Waals surface area contributed by atoms with E-state index < -0.39 is 0 Å². The quantitative estimate of drug-likeness (QED) is 0.792. The van der Waals surface area contributed by atoms with Gasteiger partial charge in [0.15, 0.2) is 11.5 Å². The molecule has 5 nitrogen and oxygen atoms in total. The fraction of sp³-hybridized carbons (Fsp3) is 0.400. The molecule has 0 radical (unpaired) electrons. The third-order valence-corrected chi connectivity index (χ3v) is 3.52. The van der Waals surface area contributed by atoms with E-state index >= 15 is 0 Å². The number of amides is 1. The molecule has 0 aliphatic carbocycles. The summed E-state index contributed by atoms with van der Waals surface area (Å²) in [5, 5.41) is 0. The van der Waals surface area contributed by atoms with Crippen molar-refractivity contribution in [3.63, 3.8) is 0 Å². The molecule has 2 heterocycles. The number of carbonyl (C=O) groups is 1. The number of carbonyl (C=O) groups excluding carboxylic acids is 1. The smallest absolute Gasteiger partial charge is 0.246 e. The minimum atomic E-state index is 0.0548. The van der Waals surface area contributed by atoms with Crippen LogP contribution in [0.5, 0.6) is 17.2 Å². The Labute approximate surface area is 117 Å². The topological polar surface area (TPSA) is 48.0 Å². The first-order valence-corrected chi connectivity index (χ1v) is 6.72. The summed E-state index contributed by atoms with van der Waals surface area (Å²) in [4.78, 5) is 13.8. The van der Waals surface area contributed by atoms with Crippen LogP contribution in [0.2, 0.25) is 0 Å². The highest BCUT2D eigenvalue weighted by Crippen LogP contribution is 2.42. The van der Waals surface area contributed by atoms with E-state index in [0.29, 0.717) is 17.2 Å². The Hall–Kier alpha value is -2.17. The van der Waals surface area contributed by atoms with Crippen LogP contribution >= 0.6 is 0 Å². The molecule has 0 aromatic heterocycles. The number of benzene rings is 1. The van der Waals surface area contributed by atoms with Gasteiger partial charge in [-0.3, -0.25) is 4.79 Å². The average molecular weight is 275 g/mol. The molecule has 0 N–H and O–H groups in total. The largest absolute Gasteiger partial charge is 0.493 e. The molecule has 5 heteroatoms. The highest BCUT2D eigenvalue weighted by Gasteiger charge is 2.20. The second kappa shape index (κ2) is 5.45. The summed E-state index contributed by atoms with van der Waals surface area (Å²) in [5.41, 5.74) is 0.860. The molecule has 0 spiro atoms. The van der Waals surface area contributed by atoms with Crippen LogP contribution in [0.3, 0.4) is 0 Å². The maximum Gasteiger partial charge on any atom is 0.246 e. The average Bonchev–Trinajstić information content (AvgIpc) is 3.14. The summed E-state index contributed by atoms with van der Waals surface area (Å²) in [6.45, 7) is 1.91. The van der Waals surface area contributed by atoms with Gasteiger partial charge in [0.1, 0.15) is 0 Å². The lowest BCUT2D eigenvalue weighted by Crippen LogP contribution is -2.25. The first-order valence-electron chi connectivity index (χ1n) is 6.72. The van der Waals surface area contributed by atoms with Crippen molar-refractivity contribution in [1.29, 1.82) is 0 Å². The lowest BCUT2D eigenvalue weighted by Gasteiger charge is -2.11. The molecule has 1 fully saturated rings. The molecule has 3 rings (SSSR count). The molecule has 0 unspecified atom stereocenters. The highest BCUT2D eigenvalue weighted by molar-refractivity contribution is 5.92. The van der Waals surface area contributed by atoms with E-state index in [1.54, 1.807) is 19.3 Å². The summed E-state index contributed by atoms with van der Waals surface area (Å²) < 4.78 is 16.0. The van der Waals surface area contributed by atoms with Crippen LogP contribution in [0.25, 0.3) is 6.08 Å². The van der Waals surface area contributed by atoms with E-state index in [0.717, 1.165) is 31.5 Å². The molecule has 0 bridgehead atoms. The molecule has 2 aliphatic rings. The second-order valence-electron chi connectivity index (χ2n) is 4.82. The molecule has 20 heavy (non-hydrogen) atoms. The Balaban J connectivity index is 1.78. The van der Waals surface area contributed by atoms with Crippen molar-refractivity contribution in [2.24, 2.45) is 0 Å². The third kappa shape index (κ3) is 2.43. The van der Waals surface area contributed by atoms with Gasteiger partial charge < -0.3 is 19.1 Å². The predicted molar refractivity (Wildman–Crippen MR) is 74.0 cm³/mol. The molecular formula is C15H17NO4. The van der Waals surface area contributed by atoms with Crippen LogP contribution in [-0.2, 0) is 4.79 Å². The fourth-order valence-electron chi connectivity index (χ4n) is 2.46. The van der Waals surface area contributed by atoms with Gasteiger partial charge in [-0.1, -0.05) is 0 Å². The highest BCUT2D eigenvalue weighted by atomic mass is 16.7. The minimum Gasteiger partial charge on any atom is -0.493 e. The van der Waals surface area contributed by atoms with E-state index in [2.05, 4.69) is 0 Å². The van der Waals surface area contributed by atoms with Gasteiger partial charge in [0.25, 0.3) is 0 Å². The molecule has 1 aromatic rings. The van der Waals surface area contributed by atoms with Gasteiger partial charge >= 0.3 is 0 Å². The summed E-state index contributed by atoms with van der Waals surface area (Å²) in [7, 11) is 1.58. The van der Waals surface area contributed by atoms with Crippen LogP contribution in [0.4, 0.5) is 0 Å². The van der Waals surface area contributed by atoms with Gasteiger partial charge in [0, 0.05) is 19.2 Å². The van der Waals surface area contributed by atoms with Gasteiger partial charge in [-0.15, -0.1) is 0 Å². The van der Waals surface area contributed by atoms with Crippen molar-refractivity contribution in [3.8, 4) is 17.2 Å². The summed E-state index contributed by atoms with van der Waals surface area (Å²) in [5.74, 6) is 1.94. The maximum atomic E-state index is 12.0. The zero-order chi connectivity index (χ0) is 13.9. The zero-order valence-electron chi connectivity index (χ0n) is 11.4. The van der Waals surface area contributed by atoms with Gasteiger partial charge in [-0.2, -0.15) is 0 Å². The van der Waals surface area contributed by atoms with E-state index in [-0.39, 0.29) is 12.7 Å². The lowest BCUT2D eigenvalue weighted by molar-refractivity contribution is -0.124. The van der Waals surface area contributed by atoms with Crippen molar-refractivity contribution in [2.45, 2.75) is 12.8 Å². The molecule has 1 amide bonds. The first-order chi connectivity index (χ1) is 9.78. The molecule has 1 saturated heterocycles. The molecule has 0 atom stereocenters. The Morgan fingerprint density at radius 3 is 2.85 bits per heavy atom. The number of nitrogens with zero attached hydrogens (tertiary/aromatic N) is 1. The van der Waals surface area contributed by atoms with E-state index in [4.69, 9.17) is 14.2 Å². The van der Waals surface area contributed by atoms with E-state index in [1.807, 2.05) is 17.0 Å². The number of likely N-dealkylation sites (tertiary alicyclic amines) is 1. The van der Waals surface area contributed by atoms with Crippen molar-refractivity contribution in [1.82, 2.24) is 4.90 Å². The Morgan fingerprint density at radius 2 is 2.10 bits per heavy atom. The van der Waals surface area contributed by atoms with E-state index in [9.17, 15) is 4.79 Å². The summed E-state index contributed by atoms with van der Waals surface area (Å²) >= 11 is 0. The zero-order valence-corrected chi connectivity index (χ0v) is 11.4. The normalized spacial score (nSPS) is 16.9. The fourth-order valence-corrected chi connectivity index (χ4v) is 2.46. The Kier molecular flexibility index (Phi) is 3.50. The van der Waals surface area contributed by atoms with Crippen LogP contribution < -0.4 is 14.2 Å². The van der Waals surface area contributed by atoms with Crippen molar-refractivity contribution >= 4 is 12.0 Å². The van der Waals surface area contributed by atoms with Crippen molar-refractivity contribution < 1.29 is 19.0 Å². The number of methoxy groups -OCH3 is 1.